The fourth-order valence-corrected chi connectivity index (χ4v) is 1.70. The number of carboxylic acid groups (broad SMARTS) is 1. The minimum atomic E-state index is -0.838. The van der Waals surface area contributed by atoms with Crippen LogP contribution < -0.4 is 4.74 Å². The molecule has 0 bridgehead atoms. The first kappa shape index (κ1) is 11.0. The summed E-state index contributed by atoms with van der Waals surface area (Å²) < 4.78 is 5.87. The number of hydrogen-bond acceptors (Lipinski definition) is 2. The summed E-state index contributed by atoms with van der Waals surface area (Å²) in [5.41, 5.74) is 1.70. The third-order valence-corrected chi connectivity index (χ3v) is 2.64. The molecule has 4 heteroatoms. The lowest BCUT2D eigenvalue weighted by Gasteiger charge is -2.08. The van der Waals surface area contributed by atoms with E-state index in [1.54, 1.807) is 13.2 Å². The smallest absolute Gasteiger partial charge is 0.307 e. The fourth-order valence-electron chi connectivity index (χ4n) is 1.24. The second-order valence-electron chi connectivity index (χ2n) is 2.98. The Morgan fingerprint density at radius 1 is 1.57 bits per heavy atom. The molecule has 0 aliphatic rings. The van der Waals surface area contributed by atoms with Crippen LogP contribution in [0.3, 0.4) is 0 Å². The molecule has 1 aromatic carbocycles. The monoisotopic (exact) mass is 258 g/mol. The van der Waals surface area contributed by atoms with Crippen molar-refractivity contribution in [1.29, 1.82) is 0 Å². The van der Waals surface area contributed by atoms with Gasteiger partial charge in [-0.3, -0.25) is 4.79 Å². The summed E-state index contributed by atoms with van der Waals surface area (Å²) in [6.45, 7) is 1.89. The van der Waals surface area contributed by atoms with Gasteiger partial charge in [-0.2, -0.15) is 0 Å². The van der Waals surface area contributed by atoms with Crippen molar-refractivity contribution in [1.82, 2.24) is 0 Å². The molecule has 76 valence electrons. The van der Waals surface area contributed by atoms with Crippen LogP contribution in [0.25, 0.3) is 0 Å². The maximum absolute atomic E-state index is 10.5. The molecule has 14 heavy (non-hydrogen) atoms. The van der Waals surface area contributed by atoms with Gasteiger partial charge in [-0.05, 0) is 24.1 Å². The normalized spacial score (nSPS) is 9.93. The van der Waals surface area contributed by atoms with E-state index in [2.05, 4.69) is 15.9 Å². The number of methoxy groups -OCH3 is 1. The van der Waals surface area contributed by atoms with E-state index in [-0.39, 0.29) is 6.42 Å². The lowest BCUT2D eigenvalue weighted by Crippen LogP contribution is -2.01. The molecule has 1 N–H and O–H groups in total. The minimum Gasteiger partial charge on any atom is -0.496 e. The lowest BCUT2D eigenvalue weighted by molar-refractivity contribution is -0.136. The standard InChI is InChI=1S/C10H11BrO3/c1-6-3-7(4-10(12)13)8(11)5-9(6)14-2/h3,5H,4H2,1-2H3,(H,12,13). The molecule has 0 aromatic heterocycles. The van der Waals surface area contributed by atoms with Gasteiger partial charge in [0.2, 0.25) is 0 Å². The summed E-state index contributed by atoms with van der Waals surface area (Å²) in [4.78, 5) is 10.5. The van der Waals surface area contributed by atoms with Gasteiger partial charge in [-0.1, -0.05) is 22.0 Å². The second-order valence-corrected chi connectivity index (χ2v) is 3.84. The summed E-state index contributed by atoms with van der Waals surface area (Å²) in [5, 5.41) is 8.66. The molecule has 0 unspecified atom stereocenters. The average molecular weight is 259 g/mol. The van der Waals surface area contributed by atoms with Gasteiger partial charge in [0.1, 0.15) is 5.75 Å². The van der Waals surface area contributed by atoms with Crippen LogP contribution in [0.2, 0.25) is 0 Å². The first-order valence-corrected chi connectivity index (χ1v) is 4.88. The Labute approximate surface area is 90.8 Å². The maximum atomic E-state index is 10.5. The Kier molecular flexibility index (Phi) is 3.52. The molecule has 0 spiro atoms. The molecule has 3 nitrogen and oxygen atoms in total. The van der Waals surface area contributed by atoms with Crippen molar-refractivity contribution >= 4 is 21.9 Å². The number of carbonyl (C=O) groups is 1. The predicted octanol–water partition coefficient (Wildman–Crippen LogP) is 2.39. The van der Waals surface area contributed by atoms with Gasteiger partial charge in [0, 0.05) is 4.47 Å². The van der Waals surface area contributed by atoms with E-state index < -0.39 is 5.97 Å². The van der Waals surface area contributed by atoms with Crippen LogP contribution in [0.1, 0.15) is 11.1 Å². The van der Waals surface area contributed by atoms with Gasteiger partial charge in [0.25, 0.3) is 0 Å². The molecule has 0 fully saturated rings. The Bertz CT molecular complexity index is 361. The zero-order valence-corrected chi connectivity index (χ0v) is 9.59. The van der Waals surface area contributed by atoms with Gasteiger partial charge in [0.05, 0.1) is 13.5 Å². The summed E-state index contributed by atoms with van der Waals surface area (Å²) in [7, 11) is 1.59. The van der Waals surface area contributed by atoms with Crippen molar-refractivity contribution in [2.75, 3.05) is 7.11 Å². The van der Waals surface area contributed by atoms with Crippen molar-refractivity contribution in [3.63, 3.8) is 0 Å². The van der Waals surface area contributed by atoms with Gasteiger partial charge < -0.3 is 9.84 Å². The van der Waals surface area contributed by atoms with Crippen molar-refractivity contribution < 1.29 is 14.6 Å². The number of aliphatic carboxylic acids is 1. The topological polar surface area (TPSA) is 46.5 Å². The summed E-state index contributed by atoms with van der Waals surface area (Å²) in [6.07, 6.45) is 0.0193. The number of aryl methyl sites for hydroxylation is 1. The number of hydrogen-bond donors (Lipinski definition) is 1. The quantitative estimate of drug-likeness (QED) is 0.906. The molecule has 0 radical (unpaired) electrons. The van der Waals surface area contributed by atoms with Gasteiger partial charge in [-0.15, -0.1) is 0 Å². The molecule has 0 saturated heterocycles. The van der Waals surface area contributed by atoms with Crippen LogP contribution in [-0.2, 0) is 11.2 Å². The number of rotatable bonds is 3. The van der Waals surface area contributed by atoms with E-state index in [0.29, 0.717) is 0 Å². The SMILES string of the molecule is COc1cc(Br)c(CC(=O)O)cc1C. The van der Waals surface area contributed by atoms with Crippen molar-refractivity contribution in [3.05, 3.63) is 27.7 Å². The first-order chi connectivity index (χ1) is 6.54. The zero-order chi connectivity index (χ0) is 10.7. The molecule has 0 atom stereocenters. The number of halogens is 1. The van der Waals surface area contributed by atoms with Crippen LogP contribution in [-0.4, -0.2) is 18.2 Å². The van der Waals surface area contributed by atoms with Crippen LogP contribution in [0.5, 0.6) is 5.75 Å². The van der Waals surface area contributed by atoms with E-state index in [4.69, 9.17) is 9.84 Å². The fraction of sp³-hybridized carbons (Fsp3) is 0.300. The Balaban J connectivity index is 3.08. The van der Waals surface area contributed by atoms with E-state index >= 15 is 0 Å². The number of carboxylic acids is 1. The number of ether oxygens (including phenoxy) is 1. The summed E-state index contributed by atoms with van der Waals surface area (Å²) in [6, 6.07) is 3.60. The van der Waals surface area contributed by atoms with Crippen molar-refractivity contribution in [2.24, 2.45) is 0 Å². The largest absolute Gasteiger partial charge is 0.496 e. The molecular weight excluding hydrogens is 248 g/mol. The van der Waals surface area contributed by atoms with Gasteiger partial charge in [-0.25, -0.2) is 0 Å². The van der Waals surface area contributed by atoms with E-state index in [1.807, 2.05) is 13.0 Å². The Hall–Kier alpha value is -1.03. The second kappa shape index (κ2) is 4.46. The highest BCUT2D eigenvalue weighted by atomic mass is 79.9. The highest BCUT2D eigenvalue weighted by Crippen LogP contribution is 2.27. The third-order valence-electron chi connectivity index (χ3n) is 1.91. The summed E-state index contributed by atoms with van der Waals surface area (Å²) in [5.74, 6) is -0.0821. The van der Waals surface area contributed by atoms with Crippen LogP contribution in [0.15, 0.2) is 16.6 Å². The third kappa shape index (κ3) is 2.48. The molecular formula is C10H11BrO3. The van der Waals surface area contributed by atoms with Crippen LogP contribution in [0, 0.1) is 6.92 Å². The molecule has 0 saturated carbocycles. The first-order valence-electron chi connectivity index (χ1n) is 4.09. The van der Waals surface area contributed by atoms with E-state index in [0.717, 1.165) is 21.3 Å². The van der Waals surface area contributed by atoms with Gasteiger partial charge in [0.15, 0.2) is 0 Å². The minimum absolute atomic E-state index is 0.0193. The van der Waals surface area contributed by atoms with Crippen molar-refractivity contribution in [3.8, 4) is 5.75 Å². The zero-order valence-electron chi connectivity index (χ0n) is 8.00. The van der Waals surface area contributed by atoms with Gasteiger partial charge >= 0.3 is 5.97 Å². The maximum Gasteiger partial charge on any atom is 0.307 e. The highest BCUT2D eigenvalue weighted by molar-refractivity contribution is 9.10. The Morgan fingerprint density at radius 2 is 2.21 bits per heavy atom. The molecule has 0 aliphatic heterocycles. The summed E-state index contributed by atoms with van der Waals surface area (Å²) >= 11 is 3.31. The highest BCUT2D eigenvalue weighted by Gasteiger charge is 2.08. The average Bonchev–Trinajstić information content (AvgIpc) is 2.10. The predicted molar refractivity (Wildman–Crippen MR) is 56.8 cm³/mol. The molecule has 0 amide bonds. The van der Waals surface area contributed by atoms with E-state index in [1.165, 1.54) is 0 Å². The van der Waals surface area contributed by atoms with Crippen molar-refractivity contribution in [2.45, 2.75) is 13.3 Å². The van der Waals surface area contributed by atoms with Crippen LogP contribution >= 0.6 is 15.9 Å². The molecule has 1 rings (SSSR count). The lowest BCUT2D eigenvalue weighted by atomic mass is 10.1. The van der Waals surface area contributed by atoms with E-state index in [9.17, 15) is 4.79 Å². The molecule has 1 aromatic rings. The molecule has 0 heterocycles. The number of benzene rings is 1. The molecule has 0 aliphatic carbocycles. The van der Waals surface area contributed by atoms with Crippen LogP contribution in [0.4, 0.5) is 0 Å². The Morgan fingerprint density at radius 3 is 2.71 bits per heavy atom.